The van der Waals surface area contributed by atoms with Gasteiger partial charge in [-0.25, -0.2) is 0 Å². The predicted molar refractivity (Wildman–Crippen MR) is 76.1 cm³/mol. The van der Waals surface area contributed by atoms with Crippen LogP contribution in [0.25, 0.3) is 0 Å². The number of aliphatic hydroxyl groups excluding tert-OH is 1. The van der Waals surface area contributed by atoms with Gasteiger partial charge < -0.3 is 9.67 Å². The Kier molecular flexibility index (Phi) is 2.92. The molecule has 4 saturated carbocycles. The van der Waals surface area contributed by atoms with Gasteiger partial charge in [0.15, 0.2) is 5.82 Å². The molecule has 4 aliphatic rings. The molecule has 4 aliphatic carbocycles. The van der Waals surface area contributed by atoms with Crippen LogP contribution in [0.5, 0.6) is 0 Å². The van der Waals surface area contributed by atoms with Crippen molar-refractivity contribution in [2.45, 2.75) is 64.5 Å². The summed E-state index contributed by atoms with van der Waals surface area (Å²) in [5, 5.41) is 18.3. The fourth-order valence-corrected chi connectivity index (χ4v) is 5.58. The van der Waals surface area contributed by atoms with E-state index < -0.39 is 0 Å². The maximum absolute atomic E-state index is 9.51. The molecule has 0 atom stereocenters. The molecule has 110 valence electrons. The standard InChI is InChI=1S/C16H25N3O/c1-9(2)19-14(8-20)17-18-16(19)15-12-4-10-3-11(6-12)7-13(15)5-10/h9-13,15,20H,3-8H2,1-2H3. The van der Waals surface area contributed by atoms with Crippen LogP contribution in [0.4, 0.5) is 0 Å². The van der Waals surface area contributed by atoms with E-state index in [1.54, 1.807) is 0 Å². The van der Waals surface area contributed by atoms with Crippen molar-refractivity contribution in [2.24, 2.45) is 23.7 Å². The molecule has 0 saturated heterocycles. The molecule has 0 aromatic carbocycles. The van der Waals surface area contributed by atoms with Gasteiger partial charge in [-0.05, 0) is 69.6 Å². The zero-order valence-corrected chi connectivity index (χ0v) is 12.5. The van der Waals surface area contributed by atoms with E-state index in [1.807, 2.05) is 0 Å². The monoisotopic (exact) mass is 275 g/mol. The van der Waals surface area contributed by atoms with Crippen molar-refractivity contribution in [2.75, 3.05) is 0 Å². The molecule has 0 aliphatic heterocycles. The molecular weight excluding hydrogens is 250 g/mol. The Balaban J connectivity index is 1.73. The lowest BCUT2D eigenvalue weighted by Crippen LogP contribution is -2.44. The molecule has 4 heteroatoms. The van der Waals surface area contributed by atoms with E-state index in [-0.39, 0.29) is 6.61 Å². The van der Waals surface area contributed by atoms with Gasteiger partial charge in [0, 0.05) is 12.0 Å². The van der Waals surface area contributed by atoms with Crippen molar-refractivity contribution in [3.8, 4) is 0 Å². The number of aliphatic hydroxyl groups is 1. The van der Waals surface area contributed by atoms with Gasteiger partial charge in [-0.15, -0.1) is 10.2 Å². The van der Waals surface area contributed by atoms with Crippen LogP contribution in [-0.2, 0) is 6.61 Å². The van der Waals surface area contributed by atoms with Crippen LogP contribution in [0, 0.1) is 23.7 Å². The normalized spacial score (nSPS) is 38.9. The summed E-state index contributed by atoms with van der Waals surface area (Å²) in [7, 11) is 0. The van der Waals surface area contributed by atoms with E-state index in [9.17, 15) is 5.11 Å². The van der Waals surface area contributed by atoms with Gasteiger partial charge in [0.05, 0.1) is 0 Å². The summed E-state index contributed by atoms with van der Waals surface area (Å²) >= 11 is 0. The summed E-state index contributed by atoms with van der Waals surface area (Å²) < 4.78 is 2.20. The largest absolute Gasteiger partial charge is 0.388 e. The topological polar surface area (TPSA) is 50.9 Å². The van der Waals surface area contributed by atoms with Crippen LogP contribution in [0.2, 0.25) is 0 Å². The highest BCUT2D eigenvalue weighted by Gasteiger charge is 2.50. The predicted octanol–water partition coefficient (Wildman–Crippen LogP) is 2.89. The number of hydrogen-bond donors (Lipinski definition) is 1. The first-order valence-corrected chi connectivity index (χ1v) is 8.21. The zero-order valence-electron chi connectivity index (χ0n) is 12.5. The molecule has 4 bridgehead atoms. The molecule has 1 aromatic heterocycles. The molecule has 0 unspecified atom stereocenters. The molecule has 1 aromatic rings. The first kappa shape index (κ1) is 12.8. The third kappa shape index (κ3) is 1.77. The minimum absolute atomic E-state index is 0.00150. The third-order valence-corrected chi connectivity index (χ3v) is 5.98. The molecule has 4 fully saturated rings. The Morgan fingerprint density at radius 2 is 1.65 bits per heavy atom. The third-order valence-electron chi connectivity index (χ3n) is 5.98. The average Bonchev–Trinajstić information content (AvgIpc) is 2.81. The minimum Gasteiger partial charge on any atom is -0.388 e. The van der Waals surface area contributed by atoms with E-state index in [0.717, 1.165) is 35.3 Å². The summed E-state index contributed by atoms with van der Waals surface area (Å²) in [5.41, 5.74) is 0. The Morgan fingerprint density at radius 3 is 2.15 bits per heavy atom. The van der Waals surface area contributed by atoms with E-state index >= 15 is 0 Å². The number of nitrogens with zero attached hydrogens (tertiary/aromatic N) is 3. The van der Waals surface area contributed by atoms with E-state index in [0.29, 0.717) is 12.0 Å². The summed E-state index contributed by atoms with van der Waals surface area (Å²) in [6, 6.07) is 0.333. The highest BCUT2D eigenvalue weighted by Crippen LogP contribution is 2.59. The van der Waals surface area contributed by atoms with Gasteiger partial charge in [0.1, 0.15) is 12.4 Å². The molecule has 1 heterocycles. The van der Waals surface area contributed by atoms with E-state index in [2.05, 4.69) is 28.6 Å². The second-order valence-electron chi connectivity index (χ2n) is 7.55. The SMILES string of the molecule is CC(C)n1c(CO)nnc1C1C2CC3CC(C2)CC1C3. The maximum atomic E-state index is 9.51. The average molecular weight is 275 g/mol. The van der Waals surface area contributed by atoms with Gasteiger partial charge in [0.25, 0.3) is 0 Å². The van der Waals surface area contributed by atoms with E-state index in [1.165, 1.54) is 32.1 Å². The van der Waals surface area contributed by atoms with Crippen molar-refractivity contribution < 1.29 is 5.11 Å². The minimum atomic E-state index is -0.00150. The van der Waals surface area contributed by atoms with Crippen molar-refractivity contribution >= 4 is 0 Å². The van der Waals surface area contributed by atoms with Crippen LogP contribution in [0.3, 0.4) is 0 Å². The summed E-state index contributed by atoms with van der Waals surface area (Å²) in [4.78, 5) is 0. The van der Waals surface area contributed by atoms with Crippen LogP contribution in [0.15, 0.2) is 0 Å². The maximum Gasteiger partial charge on any atom is 0.159 e. The Hall–Kier alpha value is -0.900. The molecule has 1 N–H and O–H groups in total. The number of rotatable bonds is 3. The van der Waals surface area contributed by atoms with Crippen LogP contribution in [0.1, 0.15) is 69.6 Å². The highest BCUT2D eigenvalue weighted by molar-refractivity contribution is 5.13. The van der Waals surface area contributed by atoms with Gasteiger partial charge in [-0.3, -0.25) is 0 Å². The molecule has 5 rings (SSSR count). The molecule has 0 radical (unpaired) electrons. The lowest BCUT2D eigenvalue weighted by Gasteiger charge is -2.54. The van der Waals surface area contributed by atoms with Crippen LogP contribution >= 0.6 is 0 Å². The lowest BCUT2D eigenvalue weighted by molar-refractivity contribution is -0.00726. The Labute approximate surface area is 120 Å². The quantitative estimate of drug-likeness (QED) is 0.922. The lowest BCUT2D eigenvalue weighted by atomic mass is 9.51. The second kappa shape index (κ2) is 4.55. The second-order valence-corrected chi connectivity index (χ2v) is 7.55. The summed E-state index contributed by atoms with van der Waals surface area (Å²) in [5.74, 6) is 6.11. The van der Waals surface area contributed by atoms with Crippen molar-refractivity contribution in [3.63, 3.8) is 0 Å². The first-order valence-electron chi connectivity index (χ1n) is 8.21. The molecule has 20 heavy (non-hydrogen) atoms. The Morgan fingerprint density at radius 1 is 1.05 bits per heavy atom. The smallest absolute Gasteiger partial charge is 0.159 e. The molecule has 0 spiro atoms. The van der Waals surface area contributed by atoms with Gasteiger partial charge >= 0.3 is 0 Å². The van der Waals surface area contributed by atoms with Gasteiger partial charge in [0.2, 0.25) is 0 Å². The summed E-state index contributed by atoms with van der Waals surface area (Å²) in [6.07, 6.45) is 7.08. The first-order chi connectivity index (χ1) is 9.67. The Bertz CT molecular complexity index is 480. The fourth-order valence-electron chi connectivity index (χ4n) is 5.58. The zero-order chi connectivity index (χ0) is 13.9. The van der Waals surface area contributed by atoms with Gasteiger partial charge in [-0.1, -0.05) is 0 Å². The van der Waals surface area contributed by atoms with Crippen molar-refractivity contribution in [3.05, 3.63) is 11.6 Å². The number of aromatic nitrogens is 3. The van der Waals surface area contributed by atoms with Gasteiger partial charge in [-0.2, -0.15) is 0 Å². The highest BCUT2D eigenvalue weighted by atomic mass is 16.3. The number of hydrogen-bond acceptors (Lipinski definition) is 3. The van der Waals surface area contributed by atoms with Crippen LogP contribution < -0.4 is 0 Å². The van der Waals surface area contributed by atoms with Crippen molar-refractivity contribution in [1.29, 1.82) is 0 Å². The summed E-state index contributed by atoms with van der Waals surface area (Å²) in [6.45, 7) is 4.34. The fraction of sp³-hybridized carbons (Fsp3) is 0.875. The molecule has 4 nitrogen and oxygen atoms in total. The van der Waals surface area contributed by atoms with Crippen LogP contribution in [-0.4, -0.2) is 19.9 Å². The molecular formula is C16H25N3O. The van der Waals surface area contributed by atoms with Crippen molar-refractivity contribution in [1.82, 2.24) is 14.8 Å². The van der Waals surface area contributed by atoms with E-state index in [4.69, 9.17) is 0 Å². The molecule has 0 amide bonds.